The molecule has 1 aromatic carbocycles. The first-order chi connectivity index (χ1) is 8.58. The van der Waals surface area contributed by atoms with Crippen molar-refractivity contribution < 1.29 is 14.3 Å². The minimum Gasteiger partial charge on any atom is -0.495 e. The van der Waals surface area contributed by atoms with E-state index in [1.807, 2.05) is 6.07 Å². The zero-order valence-electron chi connectivity index (χ0n) is 9.66. The van der Waals surface area contributed by atoms with Crippen molar-refractivity contribution in [2.75, 3.05) is 14.2 Å². The van der Waals surface area contributed by atoms with E-state index in [4.69, 9.17) is 4.74 Å². The normalized spacial score (nSPS) is 10.4. The van der Waals surface area contributed by atoms with E-state index in [1.165, 1.54) is 7.11 Å². The molecule has 1 heterocycles. The molecule has 0 N–H and O–H groups in total. The number of aromatic nitrogens is 1. The third-order valence-electron chi connectivity index (χ3n) is 2.44. The van der Waals surface area contributed by atoms with Crippen LogP contribution in [0.2, 0.25) is 0 Å². The molecular formula is C12H9Br2NO3. The molecule has 94 valence electrons. The second kappa shape index (κ2) is 5.24. The van der Waals surface area contributed by atoms with Gasteiger partial charge in [0.15, 0.2) is 0 Å². The lowest BCUT2D eigenvalue weighted by Crippen LogP contribution is -2.04. The van der Waals surface area contributed by atoms with Crippen LogP contribution in [0.25, 0.3) is 10.9 Å². The van der Waals surface area contributed by atoms with Crippen molar-refractivity contribution in [2.24, 2.45) is 0 Å². The summed E-state index contributed by atoms with van der Waals surface area (Å²) in [5, 5.41) is 0.811. The lowest BCUT2D eigenvalue weighted by molar-refractivity contribution is 0.0594. The molecule has 0 saturated heterocycles. The van der Waals surface area contributed by atoms with Crippen molar-refractivity contribution in [3.63, 3.8) is 0 Å². The van der Waals surface area contributed by atoms with Crippen LogP contribution in [0.3, 0.4) is 0 Å². The molecule has 0 amide bonds. The van der Waals surface area contributed by atoms with Crippen LogP contribution in [-0.4, -0.2) is 25.2 Å². The van der Waals surface area contributed by atoms with Gasteiger partial charge in [-0.05, 0) is 50.1 Å². The Morgan fingerprint density at radius 2 is 1.94 bits per heavy atom. The molecule has 1 aromatic heterocycles. The number of fused-ring (bicyclic) bond motifs is 1. The van der Waals surface area contributed by atoms with Crippen LogP contribution in [0.1, 0.15) is 10.5 Å². The number of benzene rings is 1. The molecule has 0 aliphatic rings. The molecule has 0 unspecified atom stereocenters. The number of esters is 1. The van der Waals surface area contributed by atoms with Crippen LogP contribution in [0, 0.1) is 0 Å². The number of carbonyl (C=O) groups excluding carboxylic acids is 1. The van der Waals surface area contributed by atoms with Gasteiger partial charge in [-0.1, -0.05) is 0 Å². The second-order valence-electron chi connectivity index (χ2n) is 3.46. The number of ether oxygens (including phenoxy) is 2. The molecular weight excluding hydrogens is 366 g/mol. The minimum absolute atomic E-state index is 0.259. The summed E-state index contributed by atoms with van der Waals surface area (Å²) in [5.74, 6) is 0.211. The van der Waals surface area contributed by atoms with E-state index in [9.17, 15) is 4.79 Å². The Balaban J connectivity index is 2.75. The molecule has 0 radical (unpaired) electrons. The predicted octanol–water partition coefficient (Wildman–Crippen LogP) is 3.56. The van der Waals surface area contributed by atoms with Crippen LogP contribution in [0.5, 0.6) is 5.75 Å². The van der Waals surface area contributed by atoms with E-state index in [-0.39, 0.29) is 5.69 Å². The van der Waals surface area contributed by atoms with Gasteiger partial charge in [0.05, 0.1) is 24.2 Å². The van der Waals surface area contributed by atoms with Gasteiger partial charge < -0.3 is 9.47 Å². The fraction of sp³-hybridized carbons (Fsp3) is 0.167. The SMILES string of the molecule is COC(=O)c1ccc2c(OC)c(Br)cc(Br)c2n1. The van der Waals surface area contributed by atoms with Gasteiger partial charge in [-0.2, -0.15) is 0 Å². The van der Waals surface area contributed by atoms with E-state index in [0.717, 1.165) is 14.3 Å². The molecule has 0 fully saturated rings. The highest BCUT2D eigenvalue weighted by atomic mass is 79.9. The molecule has 2 aromatic rings. The molecule has 0 saturated carbocycles. The number of methoxy groups -OCH3 is 2. The first kappa shape index (κ1) is 13.3. The highest BCUT2D eigenvalue weighted by Gasteiger charge is 2.14. The Bertz CT molecular complexity index is 628. The third kappa shape index (κ3) is 2.22. The monoisotopic (exact) mass is 373 g/mol. The maximum atomic E-state index is 11.4. The molecule has 18 heavy (non-hydrogen) atoms. The van der Waals surface area contributed by atoms with Crippen LogP contribution in [0.4, 0.5) is 0 Å². The van der Waals surface area contributed by atoms with E-state index >= 15 is 0 Å². The number of carbonyl (C=O) groups is 1. The van der Waals surface area contributed by atoms with Gasteiger partial charge in [0, 0.05) is 9.86 Å². The van der Waals surface area contributed by atoms with Crippen LogP contribution < -0.4 is 4.74 Å². The smallest absolute Gasteiger partial charge is 0.356 e. The van der Waals surface area contributed by atoms with E-state index in [0.29, 0.717) is 11.3 Å². The van der Waals surface area contributed by atoms with E-state index in [2.05, 4.69) is 41.6 Å². The summed E-state index contributed by atoms with van der Waals surface area (Å²) in [5.41, 5.74) is 0.910. The van der Waals surface area contributed by atoms with E-state index < -0.39 is 5.97 Å². The number of rotatable bonds is 2. The van der Waals surface area contributed by atoms with Gasteiger partial charge in [0.1, 0.15) is 11.4 Å². The standard InChI is InChI=1S/C12H9Br2NO3/c1-17-11-6-3-4-9(12(16)18-2)15-10(6)7(13)5-8(11)14/h3-5H,1-2H3. The summed E-state index contributed by atoms with van der Waals surface area (Å²) in [4.78, 5) is 15.7. The minimum atomic E-state index is -0.467. The summed E-state index contributed by atoms with van der Waals surface area (Å²) in [6, 6.07) is 5.22. The number of halogens is 2. The third-order valence-corrected chi connectivity index (χ3v) is 3.63. The van der Waals surface area contributed by atoms with Gasteiger partial charge in [0.25, 0.3) is 0 Å². The Labute approximate surface area is 121 Å². The van der Waals surface area contributed by atoms with Gasteiger partial charge in [0.2, 0.25) is 0 Å². The van der Waals surface area contributed by atoms with Crippen molar-refractivity contribution in [2.45, 2.75) is 0 Å². The van der Waals surface area contributed by atoms with Gasteiger partial charge in [-0.25, -0.2) is 9.78 Å². The number of pyridine rings is 1. The van der Waals surface area contributed by atoms with Crippen molar-refractivity contribution in [3.05, 3.63) is 32.8 Å². The van der Waals surface area contributed by atoms with Gasteiger partial charge >= 0.3 is 5.97 Å². The van der Waals surface area contributed by atoms with Gasteiger partial charge in [-0.3, -0.25) is 0 Å². The Morgan fingerprint density at radius 1 is 1.22 bits per heavy atom. The van der Waals surface area contributed by atoms with Crippen molar-refractivity contribution >= 4 is 48.7 Å². The molecule has 0 bridgehead atoms. The van der Waals surface area contributed by atoms with Crippen molar-refractivity contribution in [1.29, 1.82) is 0 Å². The average molecular weight is 375 g/mol. The van der Waals surface area contributed by atoms with Crippen molar-refractivity contribution in [1.82, 2.24) is 4.98 Å². The van der Waals surface area contributed by atoms with E-state index in [1.54, 1.807) is 19.2 Å². The molecule has 2 rings (SSSR count). The highest BCUT2D eigenvalue weighted by Crippen LogP contribution is 2.37. The molecule has 0 aliphatic carbocycles. The van der Waals surface area contributed by atoms with Gasteiger partial charge in [-0.15, -0.1) is 0 Å². The topological polar surface area (TPSA) is 48.4 Å². The summed E-state index contributed by atoms with van der Waals surface area (Å²) in [6.45, 7) is 0. The zero-order valence-corrected chi connectivity index (χ0v) is 12.8. The molecule has 4 nitrogen and oxygen atoms in total. The highest BCUT2D eigenvalue weighted by molar-refractivity contribution is 9.11. The lowest BCUT2D eigenvalue weighted by Gasteiger charge is -2.10. The Kier molecular flexibility index (Phi) is 3.87. The summed E-state index contributed by atoms with van der Waals surface area (Å²) in [6.07, 6.45) is 0. The van der Waals surface area contributed by atoms with Crippen LogP contribution in [-0.2, 0) is 4.74 Å². The Morgan fingerprint density at radius 3 is 2.56 bits per heavy atom. The maximum Gasteiger partial charge on any atom is 0.356 e. The quantitative estimate of drug-likeness (QED) is 0.754. The fourth-order valence-corrected chi connectivity index (χ4v) is 3.07. The summed E-state index contributed by atoms with van der Waals surface area (Å²) >= 11 is 6.83. The summed E-state index contributed by atoms with van der Waals surface area (Å²) in [7, 11) is 2.91. The predicted molar refractivity (Wildman–Crippen MR) is 75.0 cm³/mol. The van der Waals surface area contributed by atoms with Crippen LogP contribution >= 0.6 is 31.9 Å². The first-order valence-corrected chi connectivity index (χ1v) is 6.58. The van der Waals surface area contributed by atoms with Crippen molar-refractivity contribution in [3.8, 4) is 5.75 Å². The molecule has 0 aliphatic heterocycles. The molecule has 0 spiro atoms. The molecule has 6 heteroatoms. The first-order valence-electron chi connectivity index (χ1n) is 4.99. The number of hydrogen-bond acceptors (Lipinski definition) is 4. The largest absolute Gasteiger partial charge is 0.495 e. The number of hydrogen-bond donors (Lipinski definition) is 0. The molecule has 0 atom stereocenters. The fourth-order valence-electron chi connectivity index (χ4n) is 1.62. The number of nitrogens with zero attached hydrogens (tertiary/aromatic N) is 1. The Hall–Kier alpha value is -1.14. The average Bonchev–Trinajstić information content (AvgIpc) is 2.38. The lowest BCUT2D eigenvalue weighted by atomic mass is 10.2. The summed E-state index contributed by atoms with van der Waals surface area (Å²) < 4.78 is 11.6. The second-order valence-corrected chi connectivity index (χ2v) is 5.17. The van der Waals surface area contributed by atoms with Crippen LogP contribution in [0.15, 0.2) is 27.1 Å². The maximum absolute atomic E-state index is 11.4. The zero-order chi connectivity index (χ0) is 13.3.